The van der Waals surface area contributed by atoms with Crippen LogP contribution in [-0.4, -0.2) is 29.4 Å². The van der Waals surface area contributed by atoms with Crippen LogP contribution in [0.1, 0.15) is 0 Å². The van der Waals surface area contributed by atoms with Crippen LogP contribution in [0.2, 0.25) is 52.4 Å². The van der Waals surface area contributed by atoms with Crippen molar-refractivity contribution >= 4 is 40.5 Å². The van der Waals surface area contributed by atoms with Gasteiger partial charge < -0.3 is 0 Å². The molecule has 0 aromatic heterocycles. The number of hydrogen-bond donors (Lipinski definition) is 0. The summed E-state index contributed by atoms with van der Waals surface area (Å²) >= 11 is 6.71. The zero-order valence-electron chi connectivity index (χ0n) is 10.4. The minimum atomic E-state index is -1.38. The summed E-state index contributed by atoms with van der Waals surface area (Å²) in [5.74, 6) is 0. The third-order valence-corrected chi connectivity index (χ3v) is 68.0. The lowest BCUT2D eigenvalue weighted by atomic mass is 11.9. The highest BCUT2D eigenvalue weighted by atomic mass is 35.6. The van der Waals surface area contributed by atoms with Crippen LogP contribution in [0.25, 0.3) is 0 Å². The molecule has 0 aromatic carbocycles. The summed E-state index contributed by atoms with van der Waals surface area (Å²) in [7, 11) is -2.18. The molecular formula is C8H24ClSi4. The largest absolute Gasteiger partial charge is 0.171 e. The minimum absolute atomic E-state index is 0.0993. The maximum atomic E-state index is 6.71. The second-order valence-corrected chi connectivity index (χ2v) is 45.7. The van der Waals surface area contributed by atoms with Gasteiger partial charge in [-0.2, -0.15) is 11.1 Å². The highest BCUT2D eigenvalue weighted by molar-refractivity contribution is 7.86. The van der Waals surface area contributed by atoms with Crippen molar-refractivity contribution in [3.8, 4) is 0 Å². The predicted molar refractivity (Wildman–Crippen MR) is 75.8 cm³/mol. The second kappa shape index (κ2) is 3.96. The summed E-state index contributed by atoms with van der Waals surface area (Å²) in [5.41, 5.74) is 0. The maximum Gasteiger partial charge on any atom is 0.138 e. The molecule has 0 spiro atoms. The van der Waals surface area contributed by atoms with E-state index in [4.69, 9.17) is 11.1 Å². The van der Waals surface area contributed by atoms with Crippen molar-refractivity contribution in [3.05, 3.63) is 0 Å². The van der Waals surface area contributed by atoms with Crippen molar-refractivity contribution in [3.63, 3.8) is 0 Å². The zero-order chi connectivity index (χ0) is 11.1. The van der Waals surface area contributed by atoms with E-state index in [9.17, 15) is 0 Å². The molecule has 0 saturated heterocycles. The molecule has 0 aliphatic heterocycles. The molecule has 0 fully saturated rings. The Hall–Kier alpha value is 1.16. The van der Waals surface area contributed by atoms with Crippen LogP contribution in [0.3, 0.4) is 0 Å². The van der Waals surface area contributed by atoms with Gasteiger partial charge in [-0.25, -0.2) is 0 Å². The molecule has 0 aliphatic rings. The van der Waals surface area contributed by atoms with Crippen molar-refractivity contribution in [2.45, 2.75) is 52.4 Å². The van der Waals surface area contributed by atoms with Gasteiger partial charge in [0.25, 0.3) is 0 Å². The maximum absolute atomic E-state index is 6.71. The third-order valence-electron chi connectivity index (χ3n) is 4.30. The summed E-state index contributed by atoms with van der Waals surface area (Å²) in [6, 6.07) is 0. The molecule has 13 heavy (non-hydrogen) atoms. The highest BCUT2D eigenvalue weighted by Crippen LogP contribution is 2.32. The normalized spacial score (nSPS) is 15.2. The lowest BCUT2D eigenvalue weighted by Crippen LogP contribution is -2.73. The van der Waals surface area contributed by atoms with E-state index < -0.39 is 21.1 Å². The monoisotopic (exact) mass is 267 g/mol. The first-order valence-corrected chi connectivity index (χ1v) is 20.5. The summed E-state index contributed by atoms with van der Waals surface area (Å²) in [5, 5.41) is 0. The van der Waals surface area contributed by atoms with Gasteiger partial charge in [-0.15, -0.1) is 0 Å². The van der Waals surface area contributed by atoms with Crippen LogP contribution < -0.4 is 0 Å². The molecule has 0 unspecified atom stereocenters. The topological polar surface area (TPSA) is 0 Å². The van der Waals surface area contributed by atoms with Crippen molar-refractivity contribution in [2.75, 3.05) is 0 Å². The molecule has 0 aliphatic carbocycles. The molecule has 1 radical (unpaired) electrons. The summed E-state index contributed by atoms with van der Waals surface area (Å²) in [6.45, 7) is 18.6. The quantitative estimate of drug-likeness (QED) is 0.539. The van der Waals surface area contributed by atoms with Gasteiger partial charge in [-0.3, -0.25) is 0 Å². The molecule has 0 nitrogen and oxygen atoms in total. The summed E-state index contributed by atoms with van der Waals surface area (Å²) in [4.78, 5) is 0. The summed E-state index contributed by atoms with van der Waals surface area (Å²) in [6.07, 6.45) is 0. The third kappa shape index (κ3) is 2.59. The van der Waals surface area contributed by atoms with Crippen LogP contribution in [0.5, 0.6) is 0 Å². The van der Waals surface area contributed by atoms with Gasteiger partial charge in [0, 0.05) is 15.4 Å². The number of halogens is 1. The Morgan fingerprint density at radius 3 is 1.23 bits per heavy atom. The van der Waals surface area contributed by atoms with Gasteiger partial charge in [0.15, 0.2) is 0 Å². The second-order valence-electron chi connectivity index (χ2n) is 5.72. The first-order valence-electron chi connectivity index (χ1n) is 4.94. The van der Waals surface area contributed by atoms with Gasteiger partial charge in [-0.05, 0) is 0 Å². The predicted octanol–water partition coefficient (Wildman–Crippen LogP) is 3.84. The SMILES string of the molecule is C[Si](C)[Si](C)(C)[Si](C)(C)[Si](C)(C)Cl. The molecule has 0 bridgehead atoms. The molecule has 0 N–H and O–H groups in total. The minimum Gasteiger partial charge on any atom is -0.171 e. The first-order chi connectivity index (χ1) is 5.44. The molecule has 79 valence electrons. The Morgan fingerprint density at radius 1 is 0.846 bits per heavy atom. The molecule has 0 heterocycles. The fourth-order valence-electron chi connectivity index (χ4n) is 1.37. The van der Waals surface area contributed by atoms with Crippen LogP contribution in [0.15, 0.2) is 0 Å². The molecule has 0 saturated carbocycles. The molecule has 0 aromatic rings. The molecule has 0 amide bonds. The number of rotatable bonds is 3. The Kier molecular flexibility index (Phi) is 4.31. The zero-order valence-corrected chi connectivity index (χ0v) is 15.1. The van der Waals surface area contributed by atoms with Crippen LogP contribution >= 0.6 is 11.1 Å². The molecule has 0 atom stereocenters. The lowest BCUT2D eigenvalue weighted by Gasteiger charge is -2.47. The average molecular weight is 268 g/mol. The van der Waals surface area contributed by atoms with E-state index in [-0.39, 0.29) is 8.31 Å². The average Bonchev–Trinajstić information content (AvgIpc) is 1.84. The Bertz CT molecular complexity index is 181. The smallest absolute Gasteiger partial charge is 0.138 e. The summed E-state index contributed by atoms with van der Waals surface area (Å²) < 4.78 is 0. The fourth-order valence-corrected chi connectivity index (χ4v) is 60.6. The Balaban J connectivity index is 5.04. The highest BCUT2D eigenvalue weighted by Gasteiger charge is 2.52. The lowest BCUT2D eigenvalue weighted by molar-refractivity contribution is 1.82. The van der Waals surface area contributed by atoms with Gasteiger partial charge in [0.2, 0.25) is 0 Å². The van der Waals surface area contributed by atoms with Gasteiger partial charge in [-0.1, -0.05) is 52.4 Å². The van der Waals surface area contributed by atoms with Crippen LogP contribution in [-0.2, 0) is 0 Å². The fraction of sp³-hybridized carbons (Fsp3) is 1.00. The van der Waals surface area contributed by atoms with Crippen molar-refractivity contribution in [1.82, 2.24) is 0 Å². The van der Waals surface area contributed by atoms with E-state index in [1.54, 1.807) is 0 Å². The van der Waals surface area contributed by atoms with E-state index in [1.165, 1.54) is 0 Å². The van der Waals surface area contributed by atoms with Gasteiger partial charge in [0.05, 0.1) is 7.11 Å². The van der Waals surface area contributed by atoms with E-state index in [2.05, 4.69) is 52.4 Å². The van der Waals surface area contributed by atoms with Crippen molar-refractivity contribution in [1.29, 1.82) is 0 Å². The molecular weight excluding hydrogens is 244 g/mol. The number of hydrogen-bond acceptors (Lipinski definition) is 0. The van der Waals surface area contributed by atoms with Crippen LogP contribution in [0.4, 0.5) is 0 Å². The Morgan fingerprint density at radius 2 is 1.15 bits per heavy atom. The van der Waals surface area contributed by atoms with Crippen molar-refractivity contribution < 1.29 is 0 Å². The van der Waals surface area contributed by atoms with Crippen molar-refractivity contribution in [2.24, 2.45) is 0 Å². The van der Waals surface area contributed by atoms with E-state index in [0.717, 1.165) is 0 Å². The molecule has 0 rings (SSSR count). The van der Waals surface area contributed by atoms with Crippen LogP contribution in [0, 0.1) is 0 Å². The van der Waals surface area contributed by atoms with Gasteiger partial charge >= 0.3 is 0 Å². The van der Waals surface area contributed by atoms with E-state index in [1.807, 2.05) is 0 Å². The van der Waals surface area contributed by atoms with E-state index >= 15 is 0 Å². The molecule has 5 heteroatoms. The van der Waals surface area contributed by atoms with Gasteiger partial charge in [0.1, 0.15) is 6.90 Å². The first kappa shape index (κ1) is 14.2. The van der Waals surface area contributed by atoms with E-state index in [0.29, 0.717) is 0 Å². The Labute approximate surface area is 92.8 Å². The standard InChI is InChI=1S/C8H24ClSi4/c1-10(2)12(5,6)13(7,8)11(3,4)9/h1-8H3.